The van der Waals surface area contributed by atoms with Crippen molar-refractivity contribution >= 4 is 15.8 Å². The maximum absolute atomic E-state index is 13.1. The molecule has 4 aliphatic rings. The van der Waals surface area contributed by atoms with Gasteiger partial charge in [-0.3, -0.25) is 9.78 Å². The van der Waals surface area contributed by atoms with Crippen molar-refractivity contribution < 1.29 is 13.2 Å². The maximum atomic E-state index is 13.1. The van der Waals surface area contributed by atoms with E-state index in [1.54, 1.807) is 18.3 Å². The van der Waals surface area contributed by atoms with Gasteiger partial charge in [0.05, 0.1) is 12.0 Å². The van der Waals surface area contributed by atoms with Crippen LogP contribution in [-0.4, -0.2) is 43.1 Å². The van der Waals surface area contributed by atoms with Crippen LogP contribution in [0, 0.1) is 10.8 Å². The predicted octanol–water partition coefficient (Wildman–Crippen LogP) is 2.00. The van der Waals surface area contributed by atoms with Crippen molar-refractivity contribution in [2.45, 2.75) is 31.6 Å². The molecule has 0 bridgehead atoms. The lowest BCUT2D eigenvalue weighted by Gasteiger charge is -2.54. The van der Waals surface area contributed by atoms with Crippen LogP contribution in [0.15, 0.2) is 62.3 Å². The molecule has 1 fully saturated rings. The number of allylic oxidation sites excluding steroid dienone is 1. The summed E-state index contributed by atoms with van der Waals surface area (Å²) in [5, 5.41) is 11.7. The molecule has 3 aliphatic heterocycles. The second-order valence-electron chi connectivity index (χ2n) is 8.69. The van der Waals surface area contributed by atoms with Gasteiger partial charge >= 0.3 is 0 Å². The van der Waals surface area contributed by atoms with Gasteiger partial charge in [0.1, 0.15) is 4.90 Å². The number of aromatic nitrogens is 1. The lowest BCUT2D eigenvalue weighted by molar-refractivity contribution is -0.120. The summed E-state index contributed by atoms with van der Waals surface area (Å²) < 4.78 is 27.4. The first-order chi connectivity index (χ1) is 13.2. The summed E-state index contributed by atoms with van der Waals surface area (Å²) in [7, 11) is -3.65. The Labute approximate surface area is 163 Å². The van der Waals surface area contributed by atoms with Gasteiger partial charge in [0.15, 0.2) is 11.6 Å². The Morgan fingerprint density at radius 3 is 2.71 bits per heavy atom. The molecule has 0 atom stereocenters. The van der Waals surface area contributed by atoms with Crippen LogP contribution in [0.3, 0.4) is 0 Å². The molecular formula is C19H21N5O3S. The van der Waals surface area contributed by atoms with E-state index in [1.165, 1.54) is 10.5 Å². The zero-order chi connectivity index (χ0) is 19.7. The van der Waals surface area contributed by atoms with Gasteiger partial charge in [0, 0.05) is 48.7 Å². The number of hydrogen-bond acceptors (Lipinski definition) is 7. The number of nitrogens with one attached hydrogen (secondary N) is 1. The number of pyridine rings is 1. The van der Waals surface area contributed by atoms with Crippen LogP contribution in [-0.2, 0) is 14.8 Å². The number of hydrogen-bond donors (Lipinski definition) is 1. The van der Waals surface area contributed by atoms with Crippen LogP contribution in [0.5, 0.6) is 0 Å². The number of carbonyl (C=O) groups excluding carboxylic acids is 1. The van der Waals surface area contributed by atoms with Crippen molar-refractivity contribution in [3.8, 4) is 0 Å². The van der Waals surface area contributed by atoms with Crippen LogP contribution in [0.25, 0.3) is 0 Å². The molecule has 9 heteroatoms. The molecule has 1 saturated heterocycles. The van der Waals surface area contributed by atoms with Gasteiger partial charge in [-0.25, -0.2) is 8.42 Å². The van der Waals surface area contributed by atoms with Crippen molar-refractivity contribution in [2.75, 3.05) is 19.6 Å². The molecule has 0 saturated carbocycles. The van der Waals surface area contributed by atoms with Crippen molar-refractivity contribution in [3.63, 3.8) is 0 Å². The number of carbonyl (C=O) groups is 1. The Morgan fingerprint density at radius 1 is 1.21 bits per heavy atom. The van der Waals surface area contributed by atoms with Crippen LogP contribution >= 0.6 is 0 Å². The van der Waals surface area contributed by atoms with E-state index in [2.05, 4.69) is 34.4 Å². The van der Waals surface area contributed by atoms with E-state index in [9.17, 15) is 13.2 Å². The summed E-state index contributed by atoms with van der Waals surface area (Å²) in [4.78, 5) is 17.2. The summed E-state index contributed by atoms with van der Waals surface area (Å²) in [6, 6.07) is 3.15. The highest BCUT2D eigenvalue weighted by atomic mass is 32.2. The zero-order valence-electron chi connectivity index (χ0n) is 15.8. The van der Waals surface area contributed by atoms with E-state index in [0.717, 1.165) is 23.3 Å². The Kier molecular flexibility index (Phi) is 3.52. The minimum Gasteiger partial charge on any atom is -0.342 e. The molecule has 5 rings (SSSR count). The topological polar surface area (TPSA) is 104 Å². The highest BCUT2D eigenvalue weighted by Crippen LogP contribution is 2.55. The smallest absolute Gasteiger partial charge is 0.244 e. The fraction of sp³-hybridized carbons (Fsp3) is 0.474. The van der Waals surface area contributed by atoms with E-state index < -0.39 is 15.4 Å². The molecule has 0 aromatic carbocycles. The third-order valence-corrected chi connectivity index (χ3v) is 7.83. The van der Waals surface area contributed by atoms with Gasteiger partial charge in [-0.1, -0.05) is 13.8 Å². The minimum atomic E-state index is -3.65. The first-order valence-electron chi connectivity index (χ1n) is 9.28. The highest BCUT2D eigenvalue weighted by molar-refractivity contribution is 7.89. The second-order valence-corrected chi connectivity index (χ2v) is 10.6. The molecule has 1 spiro atoms. The number of fused-ring (bicyclic) bond motifs is 2. The summed E-state index contributed by atoms with van der Waals surface area (Å²) in [5.41, 5.74) is 1.78. The zero-order valence-corrected chi connectivity index (χ0v) is 16.6. The van der Waals surface area contributed by atoms with E-state index in [-0.39, 0.29) is 29.2 Å². The van der Waals surface area contributed by atoms with E-state index in [1.807, 2.05) is 0 Å². The largest absolute Gasteiger partial charge is 0.342 e. The second kappa shape index (κ2) is 5.57. The lowest BCUT2D eigenvalue weighted by Crippen LogP contribution is -2.63. The average Bonchev–Trinajstić information content (AvgIpc) is 3.06. The summed E-state index contributed by atoms with van der Waals surface area (Å²) in [5.74, 6) is 0.776. The fourth-order valence-electron chi connectivity index (χ4n) is 4.79. The summed E-state index contributed by atoms with van der Waals surface area (Å²) >= 11 is 0. The first-order valence-corrected chi connectivity index (χ1v) is 10.7. The van der Waals surface area contributed by atoms with Gasteiger partial charge in [-0.05, 0) is 24.0 Å². The standard InChI is InChI=1S/C19H21N5O3S/c1-18(2)6-14-16(15(25)7-18)19(13-9-21-23-17(13)22-14)10-24(11-19)28(26,27)12-4-3-5-20-8-12/h3-5,8,22H,6-7,9-11H2,1-2H3. The third kappa shape index (κ3) is 2.35. The maximum Gasteiger partial charge on any atom is 0.244 e. The molecular weight excluding hydrogens is 378 g/mol. The van der Waals surface area contributed by atoms with Gasteiger partial charge in [0.25, 0.3) is 0 Å². The summed E-state index contributed by atoms with van der Waals surface area (Å²) in [6.07, 6.45) is 4.09. The van der Waals surface area contributed by atoms with Crippen molar-refractivity contribution in [1.29, 1.82) is 0 Å². The third-order valence-electron chi connectivity index (χ3n) is 6.05. The number of azo groups is 1. The molecule has 1 N–H and O–H groups in total. The Bertz CT molecular complexity index is 1080. The van der Waals surface area contributed by atoms with E-state index in [4.69, 9.17) is 0 Å². The fourth-order valence-corrected chi connectivity index (χ4v) is 6.31. The summed E-state index contributed by atoms with van der Waals surface area (Å²) in [6.45, 7) is 5.02. The molecule has 0 unspecified atom stereocenters. The number of nitrogens with zero attached hydrogens (tertiary/aromatic N) is 4. The van der Waals surface area contributed by atoms with Crippen LogP contribution in [0.1, 0.15) is 26.7 Å². The van der Waals surface area contributed by atoms with Crippen LogP contribution in [0.4, 0.5) is 0 Å². The molecule has 8 nitrogen and oxygen atoms in total. The van der Waals surface area contributed by atoms with E-state index in [0.29, 0.717) is 18.8 Å². The molecule has 1 aromatic rings. The molecule has 146 valence electrons. The molecule has 0 radical (unpaired) electrons. The van der Waals surface area contributed by atoms with Crippen molar-refractivity contribution in [1.82, 2.24) is 14.6 Å². The quantitative estimate of drug-likeness (QED) is 0.819. The molecule has 28 heavy (non-hydrogen) atoms. The SMILES string of the molecule is CC1(C)CC(=O)C2=C(C1)NC1=C(CN=N1)C21CN(S(=O)(=O)c2cccnc2)C1. The average molecular weight is 399 g/mol. The Balaban J connectivity index is 1.55. The monoisotopic (exact) mass is 399 g/mol. The number of sulfonamides is 1. The number of ketones is 1. The van der Waals surface area contributed by atoms with Crippen LogP contribution < -0.4 is 5.32 Å². The Hall–Kier alpha value is -2.39. The molecule has 1 aliphatic carbocycles. The number of Topliss-reactive ketones (excluding diaryl/α,β-unsaturated/α-hetero) is 1. The number of rotatable bonds is 2. The molecule has 0 amide bonds. The van der Waals surface area contributed by atoms with E-state index >= 15 is 0 Å². The van der Waals surface area contributed by atoms with Crippen molar-refractivity contribution in [2.24, 2.45) is 21.1 Å². The molecule has 1 aromatic heterocycles. The van der Waals surface area contributed by atoms with Gasteiger partial charge < -0.3 is 5.32 Å². The Morgan fingerprint density at radius 2 is 2.00 bits per heavy atom. The normalized spacial score (nSPS) is 25.4. The highest BCUT2D eigenvalue weighted by Gasteiger charge is 2.59. The predicted molar refractivity (Wildman–Crippen MR) is 100 cm³/mol. The van der Waals surface area contributed by atoms with Crippen molar-refractivity contribution in [3.05, 3.63) is 47.2 Å². The minimum absolute atomic E-state index is 0.0932. The first kappa shape index (κ1) is 17.7. The van der Waals surface area contributed by atoms with Gasteiger partial charge in [-0.15, -0.1) is 5.11 Å². The molecule has 4 heterocycles. The van der Waals surface area contributed by atoms with Gasteiger partial charge in [-0.2, -0.15) is 9.42 Å². The lowest BCUT2D eigenvalue weighted by atomic mass is 9.60. The van der Waals surface area contributed by atoms with Gasteiger partial charge in [0.2, 0.25) is 10.0 Å². The van der Waals surface area contributed by atoms with Crippen LogP contribution in [0.2, 0.25) is 0 Å². The number of dihydropyridines is 1.